The van der Waals surface area contributed by atoms with E-state index < -0.39 is 9.84 Å². The van der Waals surface area contributed by atoms with E-state index in [1.54, 1.807) is 19.1 Å². The minimum Gasteiger partial charge on any atom is -0.496 e. The number of nitrogens with zero attached hydrogens (tertiary/aromatic N) is 1. The van der Waals surface area contributed by atoms with Crippen LogP contribution in [-0.2, 0) is 14.6 Å². The average Bonchev–Trinajstić information content (AvgIpc) is 2.91. The van der Waals surface area contributed by atoms with Crippen molar-refractivity contribution in [1.82, 2.24) is 4.90 Å². The normalized spacial score (nSPS) is 20.5. The van der Waals surface area contributed by atoms with Crippen molar-refractivity contribution >= 4 is 15.7 Å². The lowest BCUT2D eigenvalue weighted by Crippen LogP contribution is -2.38. The number of amides is 1. The van der Waals surface area contributed by atoms with E-state index in [0.29, 0.717) is 18.8 Å². The van der Waals surface area contributed by atoms with Crippen LogP contribution in [0, 0.1) is 12.8 Å². The molecule has 0 radical (unpaired) electrons. The topological polar surface area (TPSA) is 63.7 Å². The van der Waals surface area contributed by atoms with Crippen LogP contribution in [0.2, 0.25) is 0 Å². The first-order chi connectivity index (χ1) is 11.6. The van der Waals surface area contributed by atoms with Gasteiger partial charge in [-0.05, 0) is 42.4 Å². The zero-order chi connectivity index (χ0) is 18.8. The first kappa shape index (κ1) is 19.8. The molecule has 0 N–H and O–H groups in total. The molecule has 1 aromatic carbocycles. The largest absolute Gasteiger partial charge is 0.496 e. The van der Waals surface area contributed by atoms with E-state index in [0.717, 1.165) is 16.9 Å². The van der Waals surface area contributed by atoms with Crippen molar-refractivity contribution in [3.63, 3.8) is 0 Å². The smallest absolute Gasteiger partial charge is 0.223 e. The lowest BCUT2D eigenvalue weighted by Gasteiger charge is -2.28. The van der Waals surface area contributed by atoms with Crippen LogP contribution in [0.4, 0.5) is 0 Å². The number of ether oxygens (including phenoxy) is 1. The molecule has 2 rings (SSSR count). The molecule has 0 aliphatic carbocycles. The average molecular weight is 368 g/mol. The van der Waals surface area contributed by atoms with Crippen molar-refractivity contribution in [2.75, 3.05) is 25.7 Å². The molecule has 2 atom stereocenters. The molecule has 0 saturated carbocycles. The summed E-state index contributed by atoms with van der Waals surface area (Å²) in [6, 6.07) is 5.85. The van der Waals surface area contributed by atoms with Gasteiger partial charge in [-0.1, -0.05) is 26.0 Å². The van der Waals surface area contributed by atoms with Crippen LogP contribution in [0.25, 0.3) is 0 Å². The highest BCUT2D eigenvalue weighted by atomic mass is 32.2. The van der Waals surface area contributed by atoms with Crippen molar-refractivity contribution in [2.24, 2.45) is 5.92 Å². The van der Waals surface area contributed by atoms with Gasteiger partial charge in [-0.3, -0.25) is 4.79 Å². The second-order valence-electron chi connectivity index (χ2n) is 7.35. The maximum atomic E-state index is 12.7. The summed E-state index contributed by atoms with van der Waals surface area (Å²) in [6.45, 7) is 6.21. The summed E-state index contributed by atoms with van der Waals surface area (Å²) in [6.07, 6.45) is 0.926. The van der Waals surface area contributed by atoms with Crippen molar-refractivity contribution in [3.05, 3.63) is 29.3 Å². The number of sulfone groups is 1. The molecule has 0 aromatic heterocycles. The fourth-order valence-electron chi connectivity index (χ4n) is 3.49. The molecule has 0 spiro atoms. The second kappa shape index (κ2) is 7.77. The molecule has 1 fully saturated rings. The van der Waals surface area contributed by atoms with E-state index in [-0.39, 0.29) is 29.4 Å². The number of hydrogen-bond donors (Lipinski definition) is 0. The van der Waals surface area contributed by atoms with Gasteiger partial charge < -0.3 is 9.64 Å². The highest BCUT2D eigenvalue weighted by molar-refractivity contribution is 7.91. The Labute approximate surface area is 151 Å². The molecule has 1 aliphatic rings. The zero-order valence-electron chi connectivity index (χ0n) is 15.8. The summed E-state index contributed by atoms with van der Waals surface area (Å²) in [5, 5.41) is 0. The Hall–Kier alpha value is -1.56. The van der Waals surface area contributed by atoms with Crippen molar-refractivity contribution in [1.29, 1.82) is 0 Å². The molecule has 25 heavy (non-hydrogen) atoms. The van der Waals surface area contributed by atoms with Crippen molar-refractivity contribution < 1.29 is 17.9 Å². The van der Waals surface area contributed by atoms with Crippen LogP contribution < -0.4 is 4.74 Å². The fourth-order valence-corrected chi connectivity index (χ4v) is 5.26. The van der Waals surface area contributed by atoms with Gasteiger partial charge in [-0.25, -0.2) is 8.42 Å². The third kappa shape index (κ3) is 4.75. The third-order valence-electron chi connectivity index (χ3n) is 5.20. The summed E-state index contributed by atoms with van der Waals surface area (Å²) in [7, 11) is 0.383. The third-order valence-corrected chi connectivity index (χ3v) is 6.95. The quantitative estimate of drug-likeness (QED) is 0.776. The minimum absolute atomic E-state index is 0.00858. The number of hydrogen-bond acceptors (Lipinski definition) is 4. The van der Waals surface area contributed by atoms with E-state index in [1.165, 1.54) is 0 Å². The first-order valence-corrected chi connectivity index (χ1v) is 10.6. The number of carbonyl (C=O) groups is 1. The Balaban J connectivity index is 2.13. The predicted molar refractivity (Wildman–Crippen MR) is 99.8 cm³/mol. The molecule has 1 heterocycles. The van der Waals surface area contributed by atoms with Crippen molar-refractivity contribution in [3.8, 4) is 5.75 Å². The van der Waals surface area contributed by atoms with Gasteiger partial charge in [0.2, 0.25) is 5.91 Å². The Morgan fingerprint density at radius 1 is 1.36 bits per heavy atom. The lowest BCUT2D eigenvalue weighted by atomic mass is 9.84. The Morgan fingerprint density at radius 3 is 2.52 bits per heavy atom. The summed E-state index contributed by atoms with van der Waals surface area (Å²) in [4.78, 5) is 14.4. The van der Waals surface area contributed by atoms with Gasteiger partial charge >= 0.3 is 0 Å². The van der Waals surface area contributed by atoms with Crippen molar-refractivity contribution in [2.45, 2.75) is 45.6 Å². The SMILES string of the molecule is COc1ccc(C(CC(=O)N(C)C2CCS(=O)(=O)C2)C(C)C)cc1C. The van der Waals surface area contributed by atoms with E-state index in [4.69, 9.17) is 4.74 Å². The van der Waals surface area contributed by atoms with Crippen LogP contribution in [0.5, 0.6) is 5.75 Å². The Bertz CT molecular complexity index is 727. The van der Waals surface area contributed by atoms with Gasteiger partial charge in [0.1, 0.15) is 5.75 Å². The van der Waals surface area contributed by atoms with Crippen LogP contribution in [-0.4, -0.2) is 50.9 Å². The van der Waals surface area contributed by atoms with Gasteiger partial charge in [0, 0.05) is 19.5 Å². The van der Waals surface area contributed by atoms with Crippen LogP contribution >= 0.6 is 0 Å². The molecule has 2 unspecified atom stereocenters. The van der Waals surface area contributed by atoms with Gasteiger partial charge in [-0.15, -0.1) is 0 Å². The molecular weight excluding hydrogens is 338 g/mol. The number of benzene rings is 1. The fraction of sp³-hybridized carbons (Fsp3) is 0.632. The van der Waals surface area contributed by atoms with Gasteiger partial charge in [0.25, 0.3) is 0 Å². The number of rotatable bonds is 6. The number of methoxy groups -OCH3 is 1. The predicted octanol–water partition coefficient (Wildman–Crippen LogP) is 2.78. The number of carbonyl (C=O) groups excluding carboxylic acids is 1. The molecule has 1 aliphatic heterocycles. The minimum atomic E-state index is -2.99. The molecule has 1 aromatic rings. The molecule has 1 saturated heterocycles. The zero-order valence-corrected chi connectivity index (χ0v) is 16.6. The monoisotopic (exact) mass is 367 g/mol. The van der Waals surface area contributed by atoms with Crippen LogP contribution in [0.3, 0.4) is 0 Å². The summed E-state index contributed by atoms with van der Waals surface area (Å²) in [5.41, 5.74) is 2.17. The summed E-state index contributed by atoms with van der Waals surface area (Å²) in [5.74, 6) is 1.51. The molecular formula is C19H29NO4S. The molecule has 0 bridgehead atoms. The van der Waals surface area contributed by atoms with Gasteiger partial charge in [0.05, 0.1) is 18.6 Å². The highest BCUT2D eigenvalue weighted by Gasteiger charge is 2.33. The lowest BCUT2D eigenvalue weighted by molar-refractivity contribution is -0.132. The highest BCUT2D eigenvalue weighted by Crippen LogP contribution is 2.32. The van der Waals surface area contributed by atoms with Crippen LogP contribution in [0.1, 0.15) is 43.7 Å². The van der Waals surface area contributed by atoms with E-state index in [9.17, 15) is 13.2 Å². The van der Waals surface area contributed by atoms with E-state index in [2.05, 4.69) is 19.9 Å². The van der Waals surface area contributed by atoms with Gasteiger partial charge in [0.15, 0.2) is 9.84 Å². The van der Waals surface area contributed by atoms with E-state index in [1.807, 2.05) is 19.1 Å². The summed E-state index contributed by atoms with van der Waals surface area (Å²) < 4.78 is 28.7. The first-order valence-electron chi connectivity index (χ1n) is 8.75. The standard InChI is InChI=1S/C19H29NO4S/c1-13(2)17(15-6-7-18(24-5)14(3)10-15)11-19(21)20(4)16-8-9-25(22,23)12-16/h6-7,10,13,16-17H,8-9,11-12H2,1-5H3. The molecule has 1 amide bonds. The van der Waals surface area contributed by atoms with E-state index >= 15 is 0 Å². The Morgan fingerprint density at radius 2 is 2.04 bits per heavy atom. The maximum absolute atomic E-state index is 12.7. The molecule has 6 heteroatoms. The van der Waals surface area contributed by atoms with Gasteiger partial charge in [-0.2, -0.15) is 0 Å². The summed E-state index contributed by atoms with van der Waals surface area (Å²) >= 11 is 0. The number of aryl methyl sites for hydroxylation is 1. The van der Waals surface area contributed by atoms with Crippen LogP contribution in [0.15, 0.2) is 18.2 Å². The molecule has 5 nitrogen and oxygen atoms in total. The Kier molecular flexibility index (Phi) is 6.14. The molecule has 140 valence electrons. The maximum Gasteiger partial charge on any atom is 0.223 e. The second-order valence-corrected chi connectivity index (χ2v) is 9.57.